The molecule has 3 aromatic rings. The smallest absolute Gasteiger partial charge is 0.252 e. The van der Waals surface area contributed by atoms with Gasteiger partial charge in [0.15, 0.2) is 5.89 Å². The van der Waals surface area contributed by atoms with Crippen LogP contribution in [0.1, 0.15) is 17.3 Å². The molecule has 6 nitrogen and oxygen atoms in total. The van der Waals surface area contributed by atoms with Crippen LogP contribution in [0.2, 0.25) is 10.0 Å². The number of nitrogens with one attached hydrogen (secondary N) is 1. The molecule has 2 heterocycles. The Bertz CT molecular complexity index is 953. The summed E-state index contributed by atoms with van der Waals surface area (Å²) in [5.41, 5.74) is 3.44. The zero-order chi connectivity index (χ0) is 17.1. The Morgan fingerprint density at radius 1 is 1.25 bits per heavy atom. The summed E-state index contributed by atoms with van der Waals surface area (Å²) in [6, 6.07) is 10.7. The molecule has 0 fully saturated rings. The van der Waals surface area contributed by atoms with E-state index in [9.17, 15) is 0 Å². The lowest BCUT2D eigenvalue weighted by Gasteiger charge is -2.01. The second-order valence-electron chi connectivity index (χ2n) is 4.70. The number of nitrogens with zero attached hydrogens (tertiary/aromatic N) is 3. The maximum atomic E-state index is 8.92. The minimum Gasteiger partial charge on any atom is -0.455 e. The van der Waals surface area contributed by atoms with Crippen molar-refractivity contribution < 1.29 is 8.83 Å². The summed E-state index contributed by atoms with van der Waals surface area (Å²) in [6.07, 6.45) is 1.45. The van der Waals surface area contributed by atoms with Gasteiger partial charge in [0.2, 0.25) is 5.69 Å². The van der Waals surface area contributed by atoms with Crippen molar-refractivity contribution in [2.75, 3.05) is 5.43 Å². The van der Waals surface area contributed by atoms with E-state index in [0.29, 0.717) is 33.0 Å². The Morgan fingerprint density at radius 3 is 2.88 bits per heavy atom. The minimum atomic E-state index is 0.135. The number of hydrogen-bond acceptors (Lipinski definition) is 6. The van der Waals surface area contributed by atoms with Gasteiger partial charge in [-0.2, -0.15) is 10.4 Å². The van der Waals surface area contributed by atoms with Crippen LogP contribution >= 0.6 is 23.2 Å². The van der Waals surface area contributed by atoms with Crippen molar-refractivity contribution in [3.63, 3.8) is 0 Å². The van der Waals surface area contributed by atoms with Crippen molar-refractivity contribution in [1.82, 2.24) is 4.98 Å². The highest BCUT2D eigenvalue weighted by Gasteiger charge is 2.11. The van der Waals surface area contributed by atoms with Crippen molar-refractivity contribution >= 4 is 35.3 Å². The van der Waals surface area contributed by atoms with E-state index < -0.39 is 0 Å². The maximum Gasteiger partial charge on any atom is 0.252 e. The van der Waals surface area contributed by atoms with Crippen LogP contribution in [0.4, 0.5) is 5.88 Å². The number of rotatable bonds is 4. The maximum absolute atomic E-state index is 8.92. The molecule has 0 radical (unpaired) electrons. The van der Waals surface area contributed by atoms with Gasteiger partial charge >= 0.3 is 0 Å². The second-order valence-corrected chi connectivity index (χ2v) is 5.48. The first-order chi connectivity index (χ1) is 11.6. The number of hydrogen-bond donors (Lipinski definition) is 1. The fraction of sp³-hybridized carbons (Fsp3) is 0.0625. The Morgan fingerprint density at radius 2 is 2.08 bits per heavy atom. The van der Waals surface area contributed by atoms with Gasteiger partial charge in [0.1, 0.15) is 17.6 Å². The molecule has 0 aliphatic carbocycles. The molecule has 0 amide bonds. The van der Waals surface area contributed by atoms with Crippen LogP contribution in [0.3, 0.4) is 0 Å². The lowest BCUT2D eigenvalue weighted by molar-refractivity contribution is 0.533. The summed E-state index contributed by atoms with van der Waals surface area (Å²) >= 11 is 12.2. The van der Waals surface area contributed by atoms with Gasteiger partial charge in [-0.15, -0.1) is 0 Å². The number of nitriles is 1. The Kier molecular flexibility index (Phi) is 4.56. The lowest BCUT2D eigenvalue weighted by atomic mass is 10.2. The van der Waals surface area contributed by atoms with Crippen molar-refractivity contribution in [1.29, 1.82) is 5.26 Å². The van der Waals surface area contributed by atoms with Crippen LogP contribution in [0.15, 0.2) is 44.3 Å². The molecule has 8 heteroatoms. The average Bonchev–Trinajstić information content (AvgIpc) is 3.16. The third kappa shape index (κ3) is 3.27. The van der Waals surface area contributed by atoms with Crippen LogP contribution in [0, 0.1) is 18.3 Å². The third-order valence-electron chi connectivity index (χ3n) is 3.04. The molecule has 0 aliphatic heterocycles. The van der Waals surface area contributed by atoms with E-state index in [0.717, 1.165) is 0 Å². The highest BCUT2D eigenvalue weighted by Crippen LogP contribution is 2.34. The van der Waals surface area contributed by atoms with Crippen molar-refractivity contribution in [3.8, 4) is 17.4 Å². The fourth-order valence-electron chi connectivity index (χ4n) is 1.99. The Balaban J connectivity index is 1.77. The molecule has 24 heavy (non-hydrogen) atoms. The minimum absolute atomic E-state index is 0.135. The van der Waals surface area contributed by atoms with E-state index in [4.69, 9.17) is 37.3 Å². The molecule has 0 unspecified atom stereocenters. The van der Waals surface area contributed by atoms with Gasteiger partial charge in [0.25, 0.3) is 5.88 Å². The molecule has 120 valence electrons. The molecule has 0 bridgehead atoms. The standard InChI is InChI=1S/C16H10Cl2N4O2/c1-9-21-13(7-19)16(23-9)22-20-8-10-5-6-14(24-10)11-3-2-4-12(17)15(11)18/h2-6,8,22H,1H3/b20-8+. The quantitative estimate of drug-likeness (QED) is 0.529. The summed E-state index contributed by atoms with van der Waals surface area (Å²) < 4.78 is 10.9. The number of anilines is 1. The first-order valence-corrected chi connectivity index (χ1v) is 7.55. The SMILES string of the molecule is Cc1nc(C#N)c(N/N=C/c2ccc(-c3cccc(Cl)c3Cl)o2)o1. The van der Waals surface area contributed by atoms with Crippen molar-refractivity contribution in [2.24, 2.45) is 5.10 Å². The van der Waals surface area contributed by atoms with E-state index in [2.05, 4.69) is 15.5 Å². The zero-order valence-corrected chi connectivity index (χ0v) is 13.9. The molecular formula is C16H10Cl2N4O2. The highest BCUT2D eigenvalue weighted by atomic mass is 35.5. The van der Waals surface area contributed by atoms with Gasteiger partial charge in [-0.1, -0.05) is 29.3 Å². The second kappa shape index (κ2) is 6.79. The fourth-order valence-corrected chi connectivity index (χ4v) is 2.39. The first kappa shape index (κ1) is 16.1. The van der Waals surface area contributed by atoms with E-state index in [1.807, 2.05) is 12.1 Å². The summed E-state index contributed by atoms with van der Waals surface area (Å²) in [7, 11) is 0. The summed E-state index contributed by atoms with van der Waals surface area (Å²) in [6.45, 7) is 1.64. The van der Waals surface area contributed by atoms with Crippen LogP contribution < -0.4 is 5.43 Å². The normalized spacial score (nSPS) is 10.9. The van der Waals surface area contributed by atoms with E-state index >= 15 is 0 Å². The number of aromatic nitrogens is 1. The number of hydrazone groups is 1. The monoisotopic (exact) mass is 360 g/mol. The summed E-state index contributed by atoms with van der Waals surface area (Å²) in [4.78, 5) is 3.90. The number of aryl methyl sites for hydroxylation is 1. The van der Waals surface area contributed by atoms with Crippen LogP contribution in [0.25, 0.3) is 11.3 Å². The first-order valence-electron chi connectivity index (χ1n) is 6.79. The predicted octanol–water partition coefficient (Wildman–Crippen LogP) is 4.87. The van der Waals surface area contributed by atoms with E-state index in [1.165, 1.54) is 6.21 Å². The van der Waals surface area contributed by atoms with E-state index in [-0.39, 0.29) is 11.6 Å². The highest BCUT2D eigenvalue weighted by molar-refractivity contribution is 6.43. The topological polar surface area (TPSA) is 87.4 Å². The number of oxazole rings is 1. The van der Waals surface area contributed by atoms with E-state index in [1.54, 1.807) is 31.2 Å². The van der Waals surface area contributed by atoms with Crippen LogP contribution in [0.5, 0.6) is 0 Å². The van der Waals surface area contributed by atoms with Crippen molar-refractivity contribution in [3.05, 3.63) is 57.7 Å². The van der Waals surface area contributed by atoms with Gasteiger partial charge < -0.3 is 8.83 Å². The summed E-state index contributed by atoms with van der Waals surface area (Å²) in [5, 5.41) is 13.8. The number of halogens is 2. The average molecular weight is 361 g/mol. The van der Waals surface area contributed by atoms with Gasteiger partial charge in [-0.05, 0) is 24.3 Å². The molecule has 3 rings (SSSR count). The van der Waals surface area contributed by atoms with Crippen LogP contribution in [-0.2, 0) is 0 Å². The largest absolute Gasteiger partial charge is 0.455 e. The Hall–Kier alpha value is -2.75. The molecule has 2 aromatic heterocycles. The van der Waals surface area contributed by atoms with Gasteiger partial charge in [-0.25, -0.2) is 10.4 Å². The molecular weight excluding hydrogens is 351 g/mol. The molecule has 0 saturated carbocycles. The van der Waals surface area contributed by atoms with Gasteiger partial charge in [0, 0.05) is 12.5 Å². The molecule has 0 saturated heterocycles. The molecule has 0 atom stereocenters. The predicted molar refractivity (Wildman–Crippen MR) is 91.3 cm³/mol. The summed E-state index contributed by atoms with van der Waals surface area (Å²) in [5.74, 6) is 1.61. The molecule has 0 aliphatic rings. The third-order valence-corrected chi connectivity index (χ3v) is 3.86. The van der Waals surface area contributed by atoms with Crippen molar-refractivity contribution in [2.45, 2.75) is 6.92 Å². The van der Waals surface area contributed by atoms with Crippen LogP contribution in [-0.4, -0.2) is 11.2 Å². The molecule has 1 N–H and O–H groups in total. The molecule has 1 aromatic carbocycles. The molecule has 0 spiro atoms. The lowest BCUT2D eigenvalue weighted by Crippen LogP contribution is -1.90. The van der Waals surface area contributed by atoms with Gasteiger partial charge in [-0.3, -0.25) is 0 Å². The number of benzene rings is 1. The zero-order valence-electron chi connectivity index (χ0n) is 12.4. The number of furan rings is 1. The van der Waals surface area contributed by atoms with Gasteiger partial charge in [0.05, 0.1) is 16.3 Å². The Labute approximate surface area is 147 Å².